The average molecular weight is 615 g/mol. The fraction of sp³-hybridized carbons (Fsp3) is 0.219. The smallest absolute Gasteiger partial charge is 0.407 e. The molecule has 0 saturated heterocycles. The van der Waals surface area contributed by atoms with E-state index in [1.807, 2.05) is 6.07 Å². The van der Waals surface area contributed by atoms with Crippen molar-refractivity contribution in [2.75, 3.05) is 30.4 Å². The van der Waals surface area contributed by atoms with Gasteiger partial charge in [-0.3, -0.25) is 14.3 Å². The first-order chi connectivity index (χ1) is 21.5. The summed E-state index contributed by atoms with van der Waals surface area (Å²) in [6, 6.07) is 18.8. The van der Waals surface area contributed by atoms with Gasteiger partial charge in [0.15, 0.2) is 0 Å². The molecule has 1 atom stereocenters. The van der Waals surface area contributed by atoms with Gasteiger partial charge in [-0.15, -0.1) is 0 Å². The van der Waals surface area contributed by atoms with Crippen molar-refractivity contribution in [1.29, 1.82) is 5.26 Å². The van der Waals surface area contributed by atoms with Crippen LogP contribution in [-0.4, -0.2) is 63.9 Å². The number of fused-ring (bicyclic) bond motifs is 1. The van der Waals surface area contributed by atoms with Crippen LogP contribution in [0.2, 0.25) is 0 Å². The quantitative estimate of drug-likeness (QED) is 0.265. The predicted octanol–water partition coefficient (Wildman–Crippen LogP) is 5.18. The van der Waals surface area contributed by atoms with Gasteiger partial charge in [-0.1, -0.05) is 42.5 Å². The van der Waals surface area contributed by atoms with Crippen molar-refractivity contribution in [3.63, 3.8) is 0 Å². The summed E-state index contributed by atoms with van der Waals surface area (Å²) < 4.78 is 37.2. The van der Waals surface area contributed by atoms with Gasteiger partial charge in [0.25, 0.3) is 17.7 Å². The van der Waals surface area contributed by atoms with Gasteiger partial charge in [0.2, 0.25) is 0 Å². The van der Waals surface area contributed by atoms with E-state index in [1.165, 1.54) is 77.4 Å². The third kappa shape index (κ3) is 6.16. The molecular weight excluding hydrogens is 586 g/mol. The highest BCUT2D eigenvalue weighted by molar-refractivity contribution is 6.13. The first-order valence-corrected chi connectivity index (χ1v) is 13.9. The molecule has 1 unspecified atom stereocenters. The summed E-state index contributed by atoms with van der Waals surface area (Å²) >= 11 is 0. The van der Waals surface area contributed by atoms with E-state index < -0.39 is 23.8 Å². The average Bonchev–Trinajstić information content (AvgIpc) is 3.43. The minimum absolute atomic E-state index is 0.000777. The summed E-state index contributed by atoms with van der Waals surface area (Å²) in [4.78, 5) is 40.3. The number of likely N-dealkylation sites (N-methyl/N-ethyl adjacent to an activating group) is 1. The van der Waals surface area contributed by atoms with Crippen LogP contribution in [0.1, 0.15) is 44.5 Å². The normalized spacial score (nSPS) is 14.3. The zero-order valence-corrected chi connectivity index (χ0v) is 24.3. The van der Waals surface area contributed by atoms with E-state index in [-0.39, 0.29) is 58.6 Å². The highest BCUT2D eigenvalue weighted by atomic mass is 19.3. The lowest BCUT2D eigenvalue weighted by atomic mass is 9.99. The lowest BCUT2D eigenvalue weighted by Crippen LogP contribution is -2.47. The second kappa shape index (κ2) is 12.5. The van der Waals surface area contributed by atoms with Crippen molar-refractivity contribution >= 4 is 29.3 Å². The molecule has 2 N–H and O–H groups in total. The molecule has 230 valence electrons. The van der Waals surface area contributed by atoms with Gasteiger partial charge >= 0.3 is 6.09 Å². The zero-order chi connectivity index (χ0) is 32.3. The second-order valence-electron chi connectivity index (χ2n) is 10.4. The molecule has 13 heteroatoms. The van der Waals surface area contributed by atoms with Gasteiger partial charge in [-0.2, -0.15) is 19.1 Å². The zero-order valence-electron chi connectivity index (χ0n) is 24.3. The van der Waals surface area contributed by atoms with Crippen LogP contribution in [0.15, 0.2) is 79.0 Å². The van der Waals surface area contributed by atoms with E-state index >= 15 is 8.78 Å². The third-order valence-electron chi connectivity index (χ3n) is 7.40. The molecule has 5 rings (SSSR count). The Bertz CT molecular complexity index is 1790. The first kappa shape index (κ1) is 30.7. The molecule has 0 aliphatic carbocycles. The number of alkyl halides is 2. The molecule has 0 bridgehead atoms. The Morgan fingerprint density at radius 1 is 1.13 bits per heavy atom. The van der Waals surface area contributed by atoms with Crippen LogP contribution in [-0.2, 0) is 12.5 Å². The van der Waals surface area contributed by atoms with Crippen LogP contribution in [0.3, 0.4) is 0 Å². The molecule has 0 spiro atoms. The molecule has 45 heavy (non-hydrogen) atoms. The van der Waals surface area contributed by atoms with E-state index in [1.54, 1.807) is 25.1 Å². The van der Waals surface area contributed by atoms with Gasteiger partial charge < -0.3 is 25.0 Å². The van der Waals surface area contributed by atoms with Gasteiger partial charge in [0.05, 0.1) is 36.6 Å². The van der Waals surface area contributed by atoms with Gasteiger partial charge in [-0.05, 0) is 37.3 Å². The molecule has 1 aliphatic rings. The summed E-state index contributed by atoms with van der Waals surface area (Å²) in [5, 5.41) is 25.5. The second-order valence-corrected chi connectivity index (χ2v) is 10.4. The first-order valence-electron chi connectivity index (χ1n) is 13.9. The van der Waals surface area contributed by atoms with E-state index in [2.05, 4.69) is 10.4 Å². The number of carbonyl (C=O) groups excluding carboxylic acids is 2. The Hall–Kier alpha value is -5.77. The summed E-state index contributed by atoms with van der Waals surface area (Å²) in [7, 11) is 1.38. The molecule has 0 saturated carbocycles. The van der Waals surface area contributed by atoms with Gasteiger partial charge in [-0.25, -0.2) is 4.79 Å². The van der Waals surface area contributed by atoms with Crippen LogP contribution in [0.25, 0.3) is 0 Å². The number of nitrogens with one attached hydrogen (secondary N) is 1. The summed E-state index contributed by atoms with van der Waals surface area (Å²) in [5.74, 6) is -4.12. The molecule has 0 radical (unpaired) electrons. The number of carbonyl (C=O) groups is 3. The monoisotopic (exact) mass is 614 g/mol. The molecule has 11 nitrogen and oxygen atoms in total. The number of rotatable bonds is 9. The largest absolute Gasteiger partial charge is 0.490 e. The number of aromatic nitrogens is 2. The van der Waals surface area contributed by atoms with Crippen LogP contribution < -0.4 is 15.0 Å². The SMILES string of the molecule is CC1Cn2ncc(NC(=O)c3ccc(OCCN(C)C(=O)O)c(C#N)c3)c2C(=O)N1c1ccc(C(F)(F)c2ccccc2)cc1. The van der Waals surface area contributed by atoms with Crippen LogP contribution >= 0.6 is 0 Å². The fourth-order valence-corrected chi connectivity index (χ4v) is 4.97. The number of ether oxygens (including phenoxy) is 1. The Labute approximate surface area is 256 Å². The van der Waals surface area contributed by atoms with E-state index in [0.29, 0.717) is 12.2 Å². The molecule has 3 aromatic carbocycles. The lowest BCUT2D eigenvalue weighted by molar-refractivity contribution is 0.0428. The minimum Gasteiger partial charge on any atom is -0.490 e. The maximum absolute atomic E-state index is 15.1. The molecule has 0 fully saturated rings. The molecule has 1 aliphatic heterocycles. The highest BCUT2D eigenvalue weighted by Gasteiger charge is 2.37. The highest BCUT2D eigenvalue weighted by Crippen LogP contribution is 2.37. The summed E-state index contributed by atoms with van der Waals surface area (Å²) in [5.41, 5.74) is 0.492. The number of nitrogens with zero attached hydrogens (tertiary/aromatic N) is 5. The summed E-state index contributed by atoms with van der Waals surface area (Å²) in [6.45, 7) is 2.17. The maximum atomic E-state index is 15.1. The molecule has 4 aromatic rings. The number of carboxylic acid groups (broad SMARTS) is 1. The van der Waals surface area contributed by atoms with Crippen molar-refractivity contribution in [3.05, 3.63) is 107 Å². The van der Waals surface area contributed by atoms with Gasteiger partial charge in [0, 0.05) is 29.4 Å². The third-order valence-corrected chi connectivity index (χ3v) is 7.40. The van der Waals surface area contributed by atoms with E-state index in [4.69, 9.17) is 9.84 Å². The van der Waals surface area contributed by atoms with E-state index in [9.17, 15) is 19.6 Å². The number of benzene rings is 3. The van der Waals surface area contributed by atoms with Crippen molar-refractivity contribution < 1.29 is 33.0 Å². The predicted molar refractivity (Wildman–Crippen MR) is 160 cm³/mol. The van der Waals surface area contributed by atoms with Crippen molar-refractivity contribution in [2.45, 2.75) is 25.4 Å². The molecular formula is C32H28F2N6O5. The topological polar surface area (TPSA) is 141 Å². The fourth-order valence-electron chi connectivity index (χ4n) is 4.97. The minimum atomic E-state index is -3.22. The standard InChI is InChI=1S/C32H28F2N6O5/c1-20-19-39-28(30(42)40(20)25-11-9-24(10-12-25)32(33,34)23-6-4-3-5-7-23)26(18-36-39)37-29(41)21-8-13-27(22(16-21)17-35)45-15-14-38(2)31(43)44/h3-13,16,18,20H,14-15,19H2,1-2H3,(H,37,41)(H,43,44). The Kier molecular flexibility index (Phi) is 8.49. The van der Waals surface area contributed by atoms with Crippen molar-refractivity contribution in [1.82, 2.24) is 14.7 Å². The molecule has 3 amide bonds. The Morgan fingerprint density at radius 2 is 1.82 bits per heavy atom. The Morgan fingerprint density at radius 3 is 2.49 bits per heavy atom. The number of nitriles is 1. The molecule has 1 aromatic heterocycles. The number of anilines is 2. The number of hydrogen-bond acceptors (Lipinski definition) is 6. The van der Waals surface area contributed by atoms with Crippen LogP contribution in [0.4, 0.5) is 25.0 Å². The summed E-state index contributed by atoms with van der Waals surface area (Å²) in [6.07, 6.45) is 0.234. The Balaban J connectivity index is 1.32. The van der Waals surface area contributed by atoms with Crippen LogP contribution in [0.5, 0.6) is 5.75 Å². The van der Waals surface area contributed by atoms with Crippen molar-refractivity contribution in [2.24, 2.45) is 0 Å². The van der Waals surface area contributed by atoms with Crippen LogP contribution in [0, 0.1) is 11.3 Å². The van der Waals surface area contributed by atoms with Gasteiger partial charge in [0.1, 0.15) is 24.1 Å². The number of amides is 3. The maximum Gasteiger partial charge on any atom is 0.407 e. The molecule has 2 heterocycles. The number of halogens is 2. The number of hydrogen-bond donors (Lipinski definition) is 2. The van der Waals surface area contributed by atoms with E-state index in [0.717, 1.165) is 4.90 Å². The lowest BCUT2D eigenvalue weighted by Gasteiger charge is -2.34. The van der Waals surface area contributed by atoms with Crippen molar-refractivity contribution in [3.8, 4) is 11.8 Å².